The molecule has 2 heterocycles. The highest BCUT2D eigenvalue weighted by Crippen LogP contribution is 2.17. The number of aliphatic hydroxyl groups is 1. The first-order chi connectivity index (χ1) is 8.62. The Labute approximate surface area is 109 Å². The molecule has 98 valence electrons. The van der Waals surface area contributed by atoms with Gasteiger partial charge in [0, 0.05) is 24.7 Å². The van der Waals surface area contributed by atoms with Crippen molar-refractivity contribution >= 4 is 27.0 Å². The van der Waals surface area contributed by atoms with E-state index >= 15 is 0 Å². The van der Waals surface area contributed by atoms with E-state index in [9.17, 15) is 8.42 Å². The van der Waals surface area contributed by atoms with Crippen LogP contribution in [0.25, 0.3) is 0 Å². The van der Waals surface area contributed by atoms with E-state index in [4.69, 9.17) is 5.11 Å². The zero-order valence-corrected chi connectivity index (χ0v) is 11.1. The molecule has 2 aromatic rings. The third kappa shape index (κ3) is 3.09. The topological polar surface area (TPSA) is 84.2 Å². The average molecular weight is 287 g/mol. The number of nitrogens with zero attached hydrogens (tertiary/aromatic N) is 2. The minimum atomic E-state index is -3.58. The molecular weight excluding hydrogens is 274 g/mol. The maximum absolute atomic E-state index is 12.0. The van der Waals surface area contributed by atoms with E-state index in [1.165, 1.54) is 28.4 Å². The van der Waals surface area contributed by atoms with Crippen molar-refractivity contribution in [1.29, 1.82) is 0 Å². The fraction of sp³-hybridized carbons (Fsp3) is 0.300. The van der Waals surface area contributed by atoms with Gasteiger partial charge in [-0.25, -0.2) is 8.42 Å². The number of aryl methyl sites for hydroxylation is 1. The van der Waals surface area contributed by atoms with Gasteiger partial charge in [-0.2, -0.15) is 16.4 Å². The molecule has 0 unspecified atom stereocenters. The SMILES string of the molecule is O=S(=O)(Nc1ccsc1)c1cnn(CCCO)c1. The summed E-state index contributed by atoms with van der Waals surface area (Å²) >= 11 is 1.42. The van der Waals surface area contributed by atoms with Crippen LogP contribution in [0.3, 0.4) is 0 Å². The molecule has 0 aliphatic heterocycles. The smallest absolute Gasteiger partial charge is 0.265 e. The normalized spacial score (nSPS) is 11.6. The van der Waals surface area contributed by atoms with Crippen LogP contribution in [0, 0.1) is 0 Å². The quantitative estimate of drug-likeness (QED) is 0.834. The zero-order valence-electron chi connectivity index (χ0n) is 9.48. The van der Waals surface area contributed by atoms with E-state index in [0.717, 1.165) is 0 Å². The molecule has 8 heteroatoms. The monoisotopic (exact) mass is 287 g/mol. The summed E-state index contributed by atoms with van der Waals surface area (Å²) in [5.74, 6) is 0. The van der Waals surface area contributed by atoms with Gasteiger partial charge >= 0.3 is 0 Å². The summed E-state index contributed by atoms with van der Waals surface area (Å²) in [6.45, 7) is 0.541. The third-order valence-corrected chi connectivity index (χ3v) is 4.26. The molecule has 0 saturated heterocycles. The fourth-order valence-corrected chi connectivity index (χ4v) is 3.04. The van der Waals surface area contributed by atoms with Gasteiger partial charge in [0.05, 0.1) is 11.9 Å². The standard InChI is InChI=1S/C10H13N3O3S2/c14-4-1-3-13-7-10(6-11-13)18(15,16)12-9-2-5-17-8-9/h2,5-8,12,14H,1,3-4H2. The summed E-state index contributed by atoms with van der Waals surface area (Å²) in [5.41, 5.74) is 0.545. The van der Waals surface area contributed by atoms with Gasteiger partial charge in [0.25, 0.3) is 10.0 Å². The summed E-state index contributed by atoms with van der Waals surface area (Å²) in [5, 5.41) is 16.1. The summed E-state index contributed by atoms with van der Waals surface area (Å²) < 4.78 is 27.9. The van der Waals surface area contributed by atoms with Crippen molar-refractivity contribution in [2.45, 2.75) is 17.9 Å². The Kier molecular flexibility index (Phi) is 4.00. The second-order valence-electron chi connectivity index (χ2n) is 3.63. The third-order valence-electron chi connectivity index (χ3n) is 2.24. The second kappa shape index (κ2) is 5.51. The molecule has 0 spiro atoms. The van der Waals surface area contributed by atoms with Crippen molar-refractivity contribution in [1.82, 2.24) is 9.78 Å². The summed E-state index contributed by atoms with van der Waals surface area (Å²) in [4.78, 5) is 0.117. The van der Waals surface area contributed by atoms with Crippen LogP contribution in [-0.4, -0.2) is 29.9 Å². The number of sulfonamides is 1. The first-order valence-electron chi connectivity index (χ1n) is 5.30. The minimum absolute atomic E-state index is 0.0507. The van der Waals surface area contributed by atoms with Crippen molar-refractivity contribution in [2.75, 3.05) is 11.3 Å². The second-order valence-corrected chi connectivity index (χ2v) is 6.10. The van der Waals surface area contributed by atoms with Gasteiger partial charge in [0.1, 0.15) is 4.90 Å². The van der Waals surface area contributed by atoms with Gasteiger partial charge in [-0.3, -0.25) is 9.40 Å². The van der Waals surface area contributed by atoms with Gasteiger partial charge in [-0.15, -0.1) is 0 Å². The molecule has 2 aromatic heterocycles. The Morgan fingerprint density at radius 1 is 1.50 bits per heavy atom. The molecule has 18 heavy (non-hydrogen) atoms. The number of hydrogen-bond acceptors (Lipinski definition) is 5. The predicted octanol–water partition coefficient (Wildman–Crippen LogP) is 1.13. The van der Waals surface area contributed by atoms with E-state index in [-0.39, 0.29) is 11.5 Å². The van der Waals surface area contributed by atoms with Crippen LogP contribution in [-0.2, 0) is 16.6 Å². The van der Waals surface area contributed by atoms with Gasteiger partial charge in [0.2, 0.25) is 0 Å². The van der Waals surface area contributed by atoms with Crippen LogP contribution < -0.4 is 4.72 Å². The van der Waals surface area contributed by atoms with E-state index in [1.807, 2.05) is 0 Å². The van der Waals surface area contributed by atoms with Gasteiger partial charge < -0.3 is 5.11 Å². The first kappa shape index (κ1) is 13.1. The van der Waals surface area contributed by atoms with Gasteiger partial charge in [0.15, 0.2) is 0 Å². The Morgan fingerprint density at radius 3 is 3.00 bits per heavy atom. The van der Waals surface area contributed by atoms with Crippen molar-refractivity contribution in [2.24, 2.45) is 0 Å². The fourth-order valence-electron chi connectivity index (χ4n) is 1.37. The van der Waals surface area contributed by atoms with E-state index in [2.05, 4.69) is 9.82 Å². The average Bonchev–Trinajstić information content (AvgIpc) is 2.96. The van der Waals surface area contributed by atoms with Crippen molar-refractivity contribution in [3.05, 3.63) is 29.2 Å². The maximum Gasteiger partial charge on any atom is 0.265 e. The van der Waals surface area contributed by atoms with E-state index in [1.54, 1.807) is 16.8 Å². The highest BCUT2D eigenvalue weighted by molar-refractivity contribution is 7.92. The predicted molar refractivity (Wildman–Crippen MR) is 69.1 cm³/mol. The molecule has 0 aromatic carbocycles. The Balaban J connectivity index is 2.12. The molecule has 0 amide bonds. The van der Waals surface area contributed by atoms with Crippen LogP contribution in [0.5, 0.6) is 0 Å². The lowest BCUT2D eigenvalue weighted by atomic mass is 10.5. The lowest BCUT2D eigenvalue weighted by molar-refractivity contribution is 0.277. The number of anilines is 1. The molecule has 2 rings (SSSR count). The van der Waals surface area contributed by atoms with Crippen molar-refractivity contribution in [3.8, 4) is 0 Å². The first-order valence-corrected chi connectivity index (χ1v) is 7.73. The molecule has 0 atom stereocenters. The van der Waals surface area contributed by atoms with Gasteiger partial charge in [-0.1, -0.05) is 0 Å². The number of rotatable bonds is 6. The molecule has 0 fully saturated rings. The zero-order chi connectivity index (χ0) is 13.0. The Hall–Kier alpha value is -1.38. The number of hydrogen-bond donors (Lipinski definition) is 2. The lowest BCUT2D eigenvalue weighted by Gasteiger charge is -2.02. The highest BCUT2D eigenvalue weighted by Gasteiger charge is 2.16. The molecule has 0 bridgehead atoms. The van der Waals surface area contributed by atoms with Crippen LogP contribution in [0.4, 0.5) is 5.69 Å². The molecule has 0 saturated carbocycles. The van der Waals surface area contributed by atoms with Crippen LogP contribution >= 0.6 is 11.3 Å². The van der Waals surface area contributed by atoms with Crippen molar-refractivity contribution in [3.63, 3.8) is 0 Å². The number of nitrogens with one attached hydrogen (secondary N) is 1. The van der Waals surface area contributed by atoms with E-state index in [0.29, 0.717) is 18.7 Å². The number of aliphatic hydroxyl groups excluding tert-OH is 1. The molecule has 0 aliphatic rings. The van der Waals surface area contributed by atoms with Crippen LogP contribution in [0.15, 0.2) is 34.1 Å². The molecule has 6 nitrogen and oxygen atoms in total. The molecule has 0 aliphatic carbocycles. The molecule has 0 radical (unpaired) electrons. The van der Waals surface area contributed by atoms with Crippen LogP contribution in [0.1, 0.15) is 6.42 Å². The summed E-state index contributed by atoms with van der Waals surface area (Å²) in [6.07, 6.45) is 3.29. The summed E-state index contributed by atoms with van der Waals surface area (Å²) in [7, 11) is -3.58. The molecule has 2 N–H and O–H groups in total. The number of thiophene rings is 1. The maximum atomic E-state index is 12.0. The largest absolute Gasteiger partial charge is 0.396 e. The Morgan fingerprint density at radius 2 is 2.33 bits per heavy atom. The van der Waals surface area contributed by atoms with Crippen LogP contribution in [0.2, 0.25) is 0 Å². The van der Waals surface area contributed by atoms with E-state index < -0.39 is 10.0 Å². The Bertz CT molecular complexity index is 590. The summed E-state index contributed by atoms with van der Waals surface area (Å²) in [6, 6.07) is 1.69. The number of aromatic nitrogens is 2. The van der Waals surface area contributed by atoms with Crippen molar-refractivity contribution < 1.29 is 13.5 Å². The lowest BCUT2D eigenvalue weighted by Crippen LogP contribution is -2.11. The van der Waals surface area contributed by atoms with Gasteiger partial charge in [-0.05, 0) is 17.9 Å². The molecular formula is C10H13N3O3S2. The minimum Gasteiger partial charge on any atom is -0.396 e. The highest BCUT2D eigenvalue weighted by atomic mass is 32.2.